The molecule has 1 saturated carbocycles. The lowest BCUT2D eigenvalue weighted by Gasteiger charge is -2.26. The monoisotopic (exact) mass is 308 g/mol. The highest BCUT2D eigenvalue weighted by molar-refractivity contribution is 5.74. The summed E-state index contributed by atoms with van der Waals surface area (Å²) in [5.41, 5.74) is 0.857. The molecule has 22 heavy (non-hydrogen) atoms. The molecule has 2 rings (SSSR count). The minimum Gasteiger partial charge on any atom is -0.493 e. The highest BCUT2D eigenvalue weighted by Crippen LogP contribution is 2.30. The number of para-hydroxylation sites is 1. The van der Waals surface area contributed by atoms with Gasteiger partial charge in [-0.1, -0.05) is 12.1 Å². The second-order valence-electron chi connectivity index (χ2n) is 5.49. The third-order valence-corrected chi connectivity index (χ3v) is 3.96. The van der Waals surface area contributed by atoms with Crippen molar-refractivity contribution in [2.45, 2.75) is 44.4 Å². The maximum Gasteiger partial charge on any atom is 0.315 e. The molecule has 0 saturated heterocycles. The van der Waals surface area contributed by atoms with Crippen LogP contribution in [0.5, 0.6) is 11.5 Å². The molecule has 0 spiro atoms. The Morgan fingerprint density at radius 2 is 1.95 bits per heavy atom. The van der Waals surface area contributed by atoms with Gasteiger partial charge in [-0.2, -0.15) is 0 Å². The van der Waals surface area contributed by atoms with Crippen LogP contribution in [0.2, 0.25) is 0 Å². The molecule has 6 nitrogen and oxygen atoms in total. The minimum absolute atomic E-state index is 0.135. The summed E-state index contributed by atoms with van der Waals surface area (Å²) >= 11 is 0. The van der Waals surface area contributed by atoms with Crippen LogP contribution in [0.15, 0.2) is 18.2 Å². The van der Waals surface area contributed by atoms with E-state index in [1.54, 1.807) is 14.2 Å². The first-order valence-corrected chi connectivity index (χ1v) is 7.56. The number of carbonyl (C=O) groups is 1. The zero-order valence-corrected chi connectivity index (χ0v) is 13.1. The maximum absolute atomic E-state index is 12.0. The minimum atomic E-state index is -0.220. The largest absolute Gasteiger partial charge is 0.493 e. The van der Waals surface area contributed by atoms with Crippen molar-refractivity contribution in [3.05, 3.63) is 23.8 Å². The third-order valence-electron chi connectivity index (χ3n) is 3.96. The number of hydrogen-bond acceptors (Lipinski definition) is 4. The zero-order valence-electron chi connectivity index (χ0n) is 13.1. The summed E-state index contributed by atoms with van der Waals surface area (Å²) in [5, 5.41) is 15.2. The normalized spacial score (nSPS) is 21.0. The predicted octanol–water partition coefficient (Wildman–Crippen LogP) is 1.81. The zero-order chi connectivity index (χ0) is 15.9. The summed E-state index contributed by atoms with van der Waals surface area (Å²) < 4.78 is 10.6. The van der Waals surface area contributed by atoms with Crippen LogP contribution in [0.3, 0.4) is 0 Å². The first-order chi connectivity index (χ1) is 10.6. The molecule has 0 aromatic heterocycles. The van der Waals surface area contributed by atoms with Gasteiger partial charge in [-0.25, -0.2) is 4.79 Å². The fourth-order valence-electron chi connectivity index (χ4n) is 2.72. The Balaban J connectivity index is 1.86. The maximum atomic E-state index is 12.0. The van der Waals surface area contributed by atoms with Crippen molar-refractivity contribution in [1.29, 1.82) is 0 Å². The molecule has 1 aliphatic rings. The van der Waals surface area contributed by atoms with Gasteiger partial charge in [0.2, 0.25) is 0 Å². The number of rotatable bonds is 5. The molecule has 0 atom stereocenters. The van der Waals surface area contributed by atoms with Gasteiger partial charge in [0.15, 0.2) is 11.5 Å². The molecule has 0 unspecified atom stereocenters. The summed E-state index contributed by atoms with van der Waals surface area (Å²) in [4.78, 5) is 12.0. The standard InChI is InChI=1S/C16H24N2O4/c1-21-14-5-3-4-11(15(14)22-2)10-17-16(20)18-12-6-8-13(19)9-7-12/h3-5,12-13,19H,6-10H2,1-2H3,(H2,17,18,20). The second kappa shape index (κ2) is 7.89. The summed E-state index contributed by atoms with van der Waals surface area (Å²) in [6.45, 7) is 0.363. The number of aliphatic hydroxyl groups excluding tert-OH is 1. The van der Waals surface area contributed by atoms with Gasteiger partial charge >= 0.3 is 6.03 Å². The van der Waals surface area contributed by atoms with E-state index >= 15 is 0 Å². The van der Waals surface area contributed by atoms with Crippen LogP contribution >= 0.6 is 0 Å². The SMILES string of the molecule is COc1cccc(CNC(=O)NC2CCC(O)CC2)c1OC. The molecule has 122 valence electrons. The van der Waals surface area contributed by atoms with E-state index < -0.39 is 0 Å². The summed E-state index contributed by atoms with van der Waals surface area (Å²) in [6.07, 6.45) is 2.90. The summed E-state index contributed by atoms with van der Waals surface area (Å²) in [6, 6.07) is 5.49. The smallest absolute Gasteiger partial charge is 0.315 e. The predicted molar refractivity (Wildman–Crippen MR) is 83.2 cm³/mol. The van der Waals surface area contributed by atoms with Crippen molar-refractivity contribution in [3.8, 4) is 11.5 Å². The van der Waals surface area contributed by atoms with Crippen molar-refractivity contribution in [2.75, 3.05) is 14.2 Å². The van der Waals surface area contributed by atoms with Gasteiger partial charge in [0.25, 0.3) is 0 Å². The molecule has 1 fully saturated rings. The van der Waals surface area contributed by atoms with E-state index in [-0.39, 0.29) is 18.2 Å². The molecule has 1 aromatic rings. The van der Waals surface area contributed by atoms with E-state index in [0.717, 1.165) is 31.2 Å². The molecule has 0 heterocycles. The van der Waals surface area contributed by atoms with Gasteiger partial charge in [0.05, 0.1) is 20.3 Å². The molecule has 0 bridgehead atoms. The first-order valence-electron chi connectivity index (χ1n) is 7.56. The number of nitrogens with one attached hydrogen (secondary N) is 2. The lowest BCUT2D eigenvalue weighted by atomic mass is 9.93. The average molecular weight is 308 g/mol. The van der Waals surface area contributed by atoms with E-state index in [2.05, 4.69) is 10.6 Å². The Bertz CT molecular complexity index is 499. The fraction of sp³-hybridized carbons (Fsp3) is 0.562. The van der Waals surface area contributed by atoms with E-state index in [4.69, 9.17) is 9.47 Å². The van der Waals surface area contributed by atoms with Crippen LogP contribution in [-0.2, 0) is 6.54 Å². The van der Waals surface area contributed by atoms with Crippen LogP contribution in [0.25, 0.3) is 0 Å². The van der Waals surface area contributed by atoms with E-state index in [1.807, 2.05) is 18.2 Å². The topological polar surface area (TPSA) is 79.8 Å². The van der Waals surface area contributed by atoms with Crippen LogP contribution in [0, 0.1) is 0 Å². The molecule has 3 N–H and O–H groups in total. The van der Waals surface area contributed by atoms with Gasteiger partial charge < -0.3 is 25.2 Å². The van der Waals surface area contributed by atoms with E-state index in [1.165, 1.54) is 0 Å². The molecule has 1 aliphatic carbocycles. The van der Waals surface area contributed by atoms with Crippen molar-refractivity contribution in [3.63, 3.8) is 0 Å². The Kier molecular flexibility index (Phi) is 5.89. The van der Waals surface area contributed by atoms with Crippen molar-refractivity contribution < 1.29 is 19.4 Å². The number of hydrogen-bond donors (Lipinski definition) is 3. The lowest BCUT2D eigenvalue weighted by molar-refractivity contribution is 0.117. The van der Waals surface area contributed by atoms with Crippen LogP contribution < -0.4 is 20.1 Å². The first kappa shape index (κ1) is 16.4. The van der Waals surface area contributed by atoms with Gasteiger partial charge in [0, 0.05) is 18.2 Å². The molecule has 2 amide bonds. The highest BCUT2D eigenvalue weighted by atomic mass is 16.5. The highest BCUT2D eigenvalue weighted by Gasteiger charge is 2.20. The molecule has 0 aliphatic heterocycles. The van der Waals surface area contributed by atoms with Crippen LogP contribution in [-0.4, -0.2) is 37.5 Å². The number of ether oxygens (including phenoxy) is 2. The summed E-state index contributed by atoms with van der Waals surface area (Å²) in [5.74, 6) is 1.27. The Hall–Kier alpha value is -1.95. The van der Waals surface area contributed by atoms with Gasteiger partial charge in [-0.3, -0.25) is 0 Å². The second-order valence-corrected chi connectivity index (χ2v) is 5.49. The molecule has 6 heteroatoms. The van der Waals surface area contributed by atoms with Crippen LogP contribution in [0.1, 0.15) is 31.2 Å². The molecule has 1 aromatic carbocycles. The van der Waals surface area contributed by atoms with Gasteiger partial charge in [-0.15, -0.1) is 0 Å². The Morgan fingerprint density at radius 3 is 2.59 bits per heavy atom. The Labute approximate surface area is 130 Å². The van der Waals surface area contributed by atoms with Gasteiger partial charge in [-0.05, 0) is 31.7 Å². The third kappa shape index (κ3) is 4.27. The van der Waals surface area contributed by atoms with Crippen molar-refractivity contribution in [2.24, 2.45) is 0 Å². The van der Waals surface area contributed by atoms with Crippen LogP contribution in [0.4, 0.5) is 4.79 Å². The number of methoxy groups -OCH3 is 2. The molecule has 0 radical (unpaired) electrons. The van der Waals surface area contributed by atoms with Gasteiger partial charge in [0.1, 0.15) is 0 Å². The average Bonchev–Trinajstić information content (AvgIpc) is 2.54. The number of benzene rings is 1. The number of aliphatic hydroxyl groups is 1. The fourth-order valence-corrected chi connectivity index (χ4v) is 2.72. The number of urea groups is 1. The van der Waals surface area contributed by atoms with Crippen molar-refractivity contribution in [1.82, 2.24) is 10.6 Å². The molecular formula is C16H24N2O4. The number of carbonyl (C=O) groups excluding carboxylic acids is 1. The van der Waals surface area contributed by atoms with E-state index in [9.17, 15) is 9.90 Å². The quantitative estimate of drug-likeness (QED) is 0.775. The van der Waals surface area contributed by atoms with E-state index in [0.29, 0.717) is 18.0 Å². The lowest BCUT2D eigenvalue weighted by Crippen LogP contribution is -2.43. The Morgan fingerprint density at radius 1 is 1.23 bits per heavy atom. The van der Waals surface area contributed by atoms with Crippen molar-refractivity contribution >= 4 is 6.03 Å². The summed E-state index contributed by atoms with van der Waals surface area (Å²) in [7, 11) is 3.16. The molecular weight excluding hydrogens is 284 g/mol. The number of amides is 2.